The molecule has 2 N–H and O–H groups in total. The van der Waals surface area contributed by atoms with Crippen molar-refractivity contribution in [2.45, 2.75) is 19.5 Å². The van der Waals surface area contributed by atoms with E-state index in [-0.39, 0.29) is 23.9 Å². The maximum atomic E-state index is 12.0. The summed E-state index contributed by atoms with van der Waals surface area (Å²) in [7, 11) is 0. The zero-order valence-corrected chi connectivity index (χ0v) is 13.0. The molecule has 1 amide bonds. The standard InChI is InChI=1S/C17H17N5O2/c23-14-6-7-15(18-10-14)17(24)19-11-16-21-20-12-22(16)9-8-13-4-2-1-3-5-13/h1-7,10,12,23H,8-9,11H2,(H,19,24). The molecule has 7 nitrogen and oxygen atoms in total. The molecule has 0 aliphatic heterocycles. The summed E-state index contributed by atoms with van der Waals surface area (Å²) in [5.74, 6) is 0.373. The van der Waals surface area contributed by atoms with Crippen molar-refractivity contribution in [2.24, 2.45) is 0 Å². The van der Waals surface area contributed by atoms with Crippen LogP contribution in [-0.2, 0) is 19.5 Å². The Bertz CT molecular complexity index is 799. The third kappa shape index (κ3) is 3.95. The molecule has 0 radical (unpaired) electrons. The Morgan fingerprint density at radius 1 is 1.17 bits per heavy atom. The molecule has 2 heterocycles. The predicted molar refractivity (Wildman–Crippen MR) is 87.2 cm³/mol. The van der Waals surface area contributed by atoms with Gasteiger partial charge in [0, 0.05) is 6.54 Å². The van der Waals surface area contributed by atoms with E-state index in [1.807, 2.05) is 22.8 Å². The summed E-state index contributed by atoms with van der Waals surface area (Å²) >= 11 is 0. The average molecular weight is 323 g/mol. The van der Waals surface area contributed by atoms with Crippen LogP contribution in [-0.4, -0.2) is 30.8 Å². The van der Waals surface area contributed by atoms with Crippen LogP contribution in [0.3, 0.4) is 0 Å². The van der Waals surface area contributed by atoms with Crippen LogP contribution in [0.2, 0.25) is 0 Å². The lowest BCUT2D eigenvalue weighted by Gasteiger charge is -2.08. The van der Waals surface area contributed by atoms with Crippen molar-refractivity contribution in [3.63, 3.8) is 0 Å². The van der Waals surface area contributed by atoms with Gasteiger partial charge in [0.05, 0.1) is 12.7 Å². The van der Waals surface area contributed by atoms with E-state index in [2.05, 4.69) is 32.6 Å². The van der Waals surface area contributed by atoms with Crippen LogP contribution in [0.15, 0.2) is 55.0 Å². The number of benzene rings is 1. The Labute approximate surface area is 139 Å². The van der Waals surface area contributed by atoms with Gasteiger partial charge in [-0.3, -0.25) is 4.79 Å². The molecule has 0 spiro atoms. The van der Waals surface area contributed by atoms with E-state index >= 15 is 0 Å². The highest BCUT2D eigenvalue weighted by Gasteiger charge is 2.10. The smallest absolute Gasteiger partial charge is 0.270 e. The summed E-state index contributed by atoms with van der Waals surface area (Å²) < 4.78 is 1.91. The predicted octanol–water partition coefficient (Wildman–Crippen LogP) is 1.55. The van der Waals surface area contributed by atoms with Gasteiger partial charge in [-0.1, -0.05) is 30.3 Å². The Balaban J connectivity index is 1.57. The van der Waals surface area contributed by atoms with Crippen LogP contribution >= 0.6 is 0 Å². The highest BCUT2D eigenvalue weighted by Crippen LogP contribution is 2.06. The number of aryl methyl sites for hydroxylation is 2. The number of rotatable bonds is 6. The first-order valence-electron chi connectivity index (χ1n) is 7.56. The van der Waals surface area contributed by atoms with Gasteiger partial charge in [-0.05, 0) is 24.1 Å². The lowest BCUT2D eigenvalue weighted by Crippen LogP contribution is -2.25. The van der Waals surface area contributed by atoms with Gasteiger partial charge in [-0.15, -0.1) is 10.2 Å². The highest BCUT2D eigenvalue weighted by molar-refractivity contribution is 5.92. The molecule has 0 aliphatic rings. The average Bonchev–Trinajstić information content (AvgIpc) is 3.07. The fourth-order valence-corrected chi connectivity index (χ4v) is 2.27. The Morgan fingerprint density at radius 3 is 2.75 bits per heavy atom. The zero-order valence-electron chi connectivity index (χ0n) is 13.0. The van der Waals surface area contributed by atoms with E-state index in [9.17, 15) is 9.90 Å². The number of amides is 1. The molecule has 0 saturated heterocycles. The molecule has 0 aliphatic carbocycles. The molecular weight excluding hydrogens is 306 g/mol. The normalized spacial score (nSPS) is 10.5. The molecule has 0 unspecified atom stereocenters. The van der Waals surface area contributed by atoms with E-state index in [4.69, 9.17) is 0 Å². The quantitative estimate of drug-likeness (QED) is 0.718. The maximum absolute atomic E-state index is 12.0. The summed E-state index contributed by atoms with van der Waals surface area (Å²) in [6.45, 7) is 0.996. The molecule has 3 rings (SSSR count). The molecule has 0 atom stereocenters. The van der Waals surface area contributed by atoms with Crippen molar-refractivity contribution < 1.29 is 9.90 Å². The number of nitrogens with one attached hydrogen (secondary N) is 1. The first kappa shape index (κ1) is 15.7. The third-order valence-corrected chi connectivity index (χ3v) is 3.57. The monoisotopic (exact) mass is 323 g/mol. The lowest BCUT2D eigenvalue weighted by molar-refractivity contribution is 0.0944. The summed E-state index contributed by atoms with van der Waals surface area (Å²) in [5, 5.41) is 19.9. The van der Waals surface area contributed by atoms with Crippen molar-refractivity contribution in [3.05, 3.63) is 72.1 Å². The van der Waals surface area contributed by atoms with Crippen molar-refractivity contribution in [1.82, 2.24) is 25.1 Å². The number of pyridine rings is 1. The first-order chi connectivity index (χ1) is 11.7. The molecule has 2 aromatic heterocycles. The van der Waals surface area contributed by atoms with Crippen LogP contribution in [0.4, 0.5) is 0 Å². The topological polar surface area (TPSA) is 92.9 Å². The van der Waals surface area contributed by atoms with Crippen LogP contribution < -0.4 is 5.32 Å². The van der Waals surface area contributed by atoms with Crippen molar-refractivity contribution in [2.75, 3.05) is 0 Å². The second-order valence-corrected chi connectivity index (χ2v) is 5.26. The van der Waals surface area contributed by atoms with Crippen molar-refractivity contribution in [1.29, 1.82) is 0 Å². The van der Waals surface area contributed by atoms with Gasteiger partial charge in [0.15, 0.2) is 5.82 Å². The number of hydrogen-bond donors (Lipinski definition) is 2. The second kappa shape index (κ2) is 7.36. The van der Waals surface area contributed by atoms with Crippen molar-refractivity contribution >= 4 is 5.91 Å². The van der Waals surface area contributed by atoms with E-state index in [0.29, 0.717) is 5.82 Å². The van der Waals surface area contributed by atoms with Gasteiger partial charge in [0.25, 0.3) is 5.91 Å². The van der Waals surface area contributed by atoms with E-state index < -0.39 is 0 Å². The van der Waals surface area contributed by atoms with E-state index in [0.717, 1.165) is 13.0 Å². The molecular formula is C17H17N5O2. The molecule has 7 heteroatoms. The van der Waals surface area contributed by atoms with Gasteiger partial charge in [0.2, 0.25) is 0 Å². The third-order valence-electron chi connectivity index (χ3n) is 3.57. The molecule has 3 aromatic rings. The highest BCUT2D eigenvalue weighted by atomic mass is 16.3. The Kier molecular flexibility index (Phi) is 4.81. The minimum atomic E-state index is -0.326. The first-order valence-corrected chi connectivity index (χ1v) is 7.56. The van der Waals surface area contributed by atoms with Gasteiger partial charge in [-0.2, -0.15) is 0 Å². The summed E-state index contributed by atoms with van der Waals surface area (Å²) in [6.07, 6.45) is 3.75. The van der Waals surface area contributed by atoms with Gasteiger partial charge in [0.1, 0.15) is 17.8 Å². The van der Waals surface area contributed by atoms with Crippen molar-refractivity contribution in [3.8, 4) is 5.75 Å². The maximum Gasteiger partial charge on any atom is 0.270 e. The Hall–Kier alpha value is -3.22. The van der Waals surface area contributed by atoms with Gasteiger partial charge < -0.3 is 15.0 Å². The largest absolute Gasteiger partial charge is 0.506 e. The van der Waals surface area contributed by atoms with E-state index in [1.165, 1.54) is 23.9 Å². The fourth-order valence-electron chi connectivity index (χ4n) is 2.27. The number of nitrogens with zero attached hydrogens (tertiary/aromatic N) is 4. The van der Waals surface area contributed by atoms with Crippen LogP contribution in [0.25, 0.3) is 0 Å². The molecule has 0 saturated carbocycles. The summed E-state index contributed by atoms with van der Waals surface area (Å²) in [5.41, 5.74) is 1.47. The molecule has 1 aromatic carbocycles. The van der Waals surface area contributed by atoms with Crippen LogP contribution in [0, 0.1) is 0 Å². The molecule has 0 fully saturated rings. The number of carbonyl (C=O) groups is 1. The zero-order chi connectivity index (χ0) is 16.8. The number of aromatic hydroxyl groups is 1. The molecule has 122 valence electrons. The van der Waals surface area contributed by atoms with Gasteiger partial charge in [-0.25, -0.2) is 4.98 Å². The minimum absolute atomic E-state index is 0.0206. The van der Waals surface area contributed by atoms with Gasteiger partial charge >= 0.3 is 0 Å². The summed E-state index contributed by atoms with van der Waals surface area (Å²) in [6, 6.07) is 13.0. The number of hydrogen-bond acceptors (Lipinski definition) is 5. The molecule has 24 heavy (non-hydrogen) atoms. The number of aromatic nitrogens is 4. The number of carbonyl (C=O) groups excluding carboxylic acids is 1. The lowest BCUT2D eigenvalue weighted by atomic mass is 10.1. The SMILES string of the molecule is O=C(NCc1nncn1CCc1ccccc1)c1ccc(O)cn1. The van der Waals surface area contributed by atoms with Crippen LogP contribution in [0.1, 0.15) is 21.9 Å². The minimum Gasteiger partial charge on any atom is -0.506 e. The summed E-state index contributed by atoms with van der Waals surface area (Å²) in [4.78, 5) is 15.9. The molecule has 0 bridgehead atoms. The second-order valence-electron chi connectivity index (χ2n) is 5.26. The Morgan fingerprint density at radius 2 is 2.00 bits per heavy atom. The van der Waals surface area contributed by atoms with E-state index in [1.54, 1.807) is 6.33 Å². The fraction of sp³-hybridized carbons (Fsp3) is 0.176. The van der Waals surface area contributed by atoms with Crippen LogP contribution in [0.5, 0.6) is 5.75 Å².